The number of likely N-dealkylation sites (N-methyl/N-ethyl adjacent to an activating group) is 1. The molecule has 0 aromatic heterocycles. The largest absolute Gasteiger partial charge is 0.545 e. The first kappa shape index (κ1) is 78.2. The SMILES string of the molecule is CC/C=C\C/C=C\C/C=C\C/C=C\C/C=C\C/C=C\CCCCCCCCCCCCCCCCC(=O)OC(COC(=O)CCCCCCCC/C=C\C/C=C\C/C=C\C/C=C\C/C=C\C/C=C\CC)COC(OCC[N+](C)(C)C)C(=O)[O-]. The van der Waals surface area contributed by atoms with E-state index in [1.807, 2.05) is 21.1 Å². The van der Waals surface area contributed by atoms with Crippen LogP contribution in [0, 0.1) is 0 Å². The number of quaternary nitrogens is 1. The topological polar surface area (TPSA) is 111 Å². The number of aliphatic carboxylic acids is 1. The summed E-state index contributed by atoms with van der Waals surface area (Å²) in [5, 5.41) is 11.8. The molecule has 9 heteroatoms. The Balaban J connectivity index is 4.21. The Morgan fingerprint density at radius 2 is 0.651 bits per heavy atom. The fourth-order valence-electron chi connectivity index (χ4n) is 8.60. The van der Waals surface area contributed by atoms with Gasteiger partial charge in [0.15, 0.2) is 12.4 Å². The molecule has 0 aliphatic carbocycles. The molecule has 0 aliphatic heterocycles. The lowest BCUT2D eigenvalue weighted by Crippen LogP contribution is -2.44. The molecule has 0 radical (unpaired) electrons. The van der Waals surface area contributed by atoms with Crippen LogP contribution in [0.1, 0.15) is 245 Å². The van der Waals surface area contributed by atoms with E-state index in [4.69, 9.17) is 18.9 Å². The van der Waals surface area contributed by atoms with Gasteiger partial charge in [0.25, 0.3) is 0 Å². The molecule has 0 bridgehead atoms. The van der Waals surface area contributed by atoms with Gasteiger partial charge in [-0.3, -0.25) is 9.59 Å². The maximum Gasteiger partial charge on any atom is 0.306 e. The summed E-state index contributed by atoms with van der Waals surface area (Å²) in [4.78, 5) is 37.4. The van der Waals surface area contributed by atoms with E-state index in [-0.39, 0.29) is 38.6 Å². The predicted molar refractivity (Wildman–Crippen MR) is 352 cm³/mol. The molecule has 0 fully saturated rings. The van der Waals surface area contributed by atoms with Crippen LogP contribution in [0.2, 0.25) is 0 Å². The first-order chi connectivity index (χ1) is 40.6. The number of carbonyl (C=O) groups excluding carboxylic acids is 3. The van der Waals surface area contributed by atoms with E-state index in [1.165, 1.54) is 70.6 Å². The number of unbranched alkanes of at least 4 members (excludes halogenated alkanes) is 20. The quantitative estimate of drug-likeness (QED) is 0.0195. The highest BCUT2D eigenvalue weighted by Gasteiger charge is 2.22. The summed E-state index contributed by atoms with van der Waals surface area (Å²) >= 11 is 0. The standard InChI is InChI=1S/C74H121NO8/c1-6-8-10-12-14-16-18-20-22-24-26-28-30-32-33-34-35-36-37-38-39-41-43-45-47-49-51-53-55-57-59-61-63-65-72(77)83-70(69-82-74(73(78)79)80-67-66-75(3,4)5)68-81-71(76)64-62-60-58-56-54-52-50-48-46-44-42-40-31-29-27-25-23-21-19-17-15-13-11-9-7-2/h8-11,14-17,20-23,26-29,32-33,35-36,40,42,46,48,70,74H,6-7,12-13,18-19,24-25,30-31,34,37-39,41,43-45,47,49-69H2,1-5H3/b10-8-,11-9-,16-14-,17-15-,22-20-,23-21-,28-26-,29-27-,33-32-,36-35-,42-40-,48-46-. The van der Waals surface area contributed by atoms with Gasteiger partial charge in [-0.2, -0.15) is 0 Å². The Morgan fingerprint density at radius 3 is 0.964 bits per heavy atom. The van der Waals surface area contributed by atoms with Crippen LogP contribution in [-0.4, -0.2) is 82.3 Å². The Hall–Kier alpha value is -4.83. The lowest BCUT2D eigenvalue weighted by molar-refractivity contribution is -0.870. The van der Waals surface area contributed by atoms with Gasteiger partial charge in [0, 0.05) is 12.8 Å². The molecule has 9 nitrogen and oxygen atoms in total. The monoisotopic (exact) mass is 1150 g/mol. The second kappa shape index (κ2) is 63.2. The molecule has 0 saturated heterocycles. The van der Waals surface area contributed by atoms with Crippen molar-refractivity contribution >= 4 is 17.9 Å². The molecule has 0 heterocycles. The van der Waals surface area contributed by atoms with Gasteiger partial charge in [-0.05, 0) is 116 Å². The lowest BCUT2D eigenvalue weighted by atomic mass is 10.0. The third-order valence-electron chi connectivity index (χ3n) is 13.6. The number of carboxylic acids is 1. The molecule has 0 spiro atoms. The van der Waals surface area contributed by atoms with E-state index >= 15 is 0 Å². The number of carbonyl (C=O) groups is 3. The minimum absolute atomic E-state index is 0.138. The third-order valence-corrected chi connectivity index (χ3v) is 13.6. The number of hydrogen-bond acceptors (Lipinski definition) is 8. The van der Waals surface area contributed by atoms with Crippen molar-refractivity contribution in [1.29, 1.82) is 0 Å². The molecule has 0 aromatic rings. The van der Waals surface area contributed by atoms with E-state index < -0.39 is 24.3 Å². The highest BCUT2D eigenvalue weighted by molar-refractivity contribution is 5.70. The minimum atomic E-state index is -1.63. The van der Waals surface area contributed by atoms with Crippen LogP contribution >= 0.6 is 0 Å². The molecule has 2 atom stereocenters. The zero-order valence-corrected chi connectivity index (χ0v) is 53.5. The molecular formula is C74H121NO8. The van der Waals surface area contributed by atoms with E-state index in [0.717, 1.165) is 135 Å². The molecule has 0 amide bonds. The second-order valence-electron chi connectivity index (χ2n) is 22.6. The first-order valence-corrected chi connectivity index (χ1v) is 33.0. The van der Waals surface area contributed by atoms with Crippen molar-refractivity contribution in [2.75, 3.05) is 47.5 Å². The summed E-state index contributed by atoms with van der Waals surface area (Å²) in [6.07, 6.45) is 89.1. The van der Waals surface area contributed by atoms with Gasteiger partial charge in [-0.15, -0.1) is 0 Å². The molecule has 0 aliphatic rings. The van der Waals surface area contributed by atoms with E-state index in [9.17, 15) is 19.5 Å². The average molecular weight is 1150 g/mol. The van der Waals surface area contributed by atoms with Gasteiger partial charge < -0.3 is 33.3 Å². The zero-order chi connectivity index (χ0) is 60.5. The maximum absolute atomic E-state index is 12.9. The molecule has 0 aromatic carbocycles. The second-order valence-corrected chi connectivity index (χ2v) is 22.6. The van der Waals surface area contributed by atoms with Crippen LogP contribution in [0.4, 0.5) is 0 Å². The fourth-order valence-corrected chi connectivity index (χ4v) is 8.60. The summed E-state index contributed by atoms with van der Waals surface area (Å²) in [5.74, 6) is -2.31. The zero-order valence-electron chi connectivity index (χ0n) is 53.5. The summed E-state index contributed by atoms with van der Waals surface area (Å²) in [7, 11) is 5.91. The number of hydrogen-bond donors (Lipinski definition) is 0. The normalized spacial score (nSPS) is 13.7. The van der Waals surface area contributed by atoms with Crippen molar-refractivity contribution < 1.29 is 42.9 Å². The van der Waals surface area contributed by atoms with Crippen LogP contribution in [0.5, 0.6) is 0 Å². The Morgan fingerprint density at radius 1 is 0.361 bits per heavy atom. The van der Waals surface area contributed by atoms with Crippen molar-refractivity contribution in [2.45, 2.75) is 257 Å². The summed E-state index contributed by atoms with van der Waals surface area (Å²) < 4.78 is 22.7. The van der Waals surface area contributed by atoms with E-state index in [2.05, 4.69) is 160 Å². The number of ether oxygens (including phenoxy) is 4. The smallest absolute Gasteiger partial charge is 0.306 e. The lowest BCUT2D eigenvalue weighted by Gasteiger charge is -2.26. The number of esters is 2. The Labute approximate surface area is 509 Å². The summed E-state index contributed by atoms with van der Waals surface area (Å²) in [5.41, 5.74) is 0. The van der Waals surface area contributed by atoms with Crippen molar-refractivity contribution in [3.8, 4) is 0 Å². The van der Waals surface area contributed by atoms with Crippen LogP contribution in [-0.2, 0) is 33.3 Å². The van der Waals surface area contributed by atoms with Gasteiger partial charge in [-0.25, -0.2) is 0 Å². The van der Waals surface area contributed by atoms with Crippen LogP contribution in [0.15, 0.2) is 146 Å². The van der Waals surface area contributed by atoms with E-state index in [0.29, 0.717) is 23.9 Å². The third kappa shape index (κ3) is 64.6. The van der Waals surface area contributed by atoms with Gasteiger partial charge in [0.2, 0.25) is 0 Å². The highest BCUT2D eigenvalue weighted by Crippen LogP contribution is 2.16. The predicted octanol–water partition coefficient (Wildman–Crippen LogP) is 19.0. The molecule has 0 saturated carbocycles. The Kier molecular flexibility index (Phi) is 59.5. The molecule has 0 rings (SSSR count). The summed E-state index contributed by atoms with van der Waals surface area (Å²) in [6.45, 7) is 4.49. The minimum Gasteiger partial charge on any atom is -0.545 e. The maximum atomic E-state index is 12.9. The molecule has 83 heavy (non-hydrogen) atoms. The van der Waals surface area contributed by atoms with E-state index in [1.54, 1.807) is 0 Å². The molecular weight excluding hydrogens is 1030 g/mol. The van der Waals surface area contributed by atoms with Crippen molar-refractivity contribution in [3.63, 3.8) is 0 Å². The van der Waals surface area contributed by atoms with Crippen molar-refractivity contribution in [3.05, 3.63) is 146 Å². The van der Waals surface area contributed by atoms with Gasteiger partial charge >= 0.3 is 11.9 Å². The van der Waals surface area contributed by atoms with Gasteiger partial charge in [0.05, 0.1) is 40.3 Å². The first-order valence-electron chi connectivity index (χ1n) is 33.0. The van der Waals surface area contributed by atoms with Gasteiger partial charge in [0.1, 0.15) is 13.2 Å². The highest BCUT2D eigenvalue weighted by atomic mass is 16.7. The number of allylic oxidation sites excluding steroid dienone is 24. The van der Waals surface area contributed by atoms with Crippen LogP contribution < -0.4 is 5.11 Å². The van der Waals surface area contributed by atoms with Crippen LogP contribution in [0.3, 0.4) is 0 Å². The molecule has 470 valence electrons. The Bertz CT molecular complexity index is 1870. The van der Waals surface area contributed by atoms with Crippen LogP contribution in [0.25, 0.3) is 0 Å². The number of nitrogens with zero attached hydrogens (tertiary/aromatic N) is 1. The molecule has 2 unspecified atom stereocenters. The average Bonchev–Trinajstić information content (AvgIpc) is 3.46. The summed E-state index contributed by atoms with van der Waals surface area (Å²) in [6, 6.07) is 0. The van der Waals surface area contributed by atoms with Gasteiger partial charge in [-0.1, -0.05) is 262 Å². The number of rotatable bonds is 59. The fraction of sp³-hybridized carbons (Fsp3) is 0.635. The molecule has 0 N–H and O–H groups in total. The van der Waals surface area contributed by atoms with Crippen molar-refractivity contribution in [1.82, 2.24) is 0 Å². The van der Waals surface area contributed by atoms with Crippen molar-refractivity contribution in [2.24, 2.45) is 0 Å². The number of carboxylic acid groups (broad SMARTS) is 1.